The number of hydrogen-bond acceptors (Lipinski definition) is 4. The van der Waals surface area contributed by atoms with Crippen LogP contribution in [0.3, 0.4) is 0 Å². The van der Waals surface area contributed by atoms with Gasteiger partial charge in [-0.05, 0) is 90.9 Å². The predicted molar refractivity (Wildman–Crippen MR) is 136 cm³/mol. The molecule has 0 N–H and O–H groups in total. The number of carbonyl (C=O) groups is 3. The predicted octanol–water partition coefficient (Wildman–Crippen LogP) is 6.71. The van der Waals surface area contributed by atoms with E-state index in [1.54, 1.807) is 0 Å². The fourth-order valence-electron chi connectivity index (χ4n) is 10.4. The van der Waals surface area contributed by atoms with E-state index >= 15 is 0 Å². The second kappa shape index (κ2) is 7.32. The van der Waals surface area contributed by atoms with Gasteiger partial charge in [-0.2, -0.15) is 0 Å². The maximum absolute atomic E-state index is 14.3. The summed E-state index contributed by atoms with van der Waals surface area (Å²) in [6, 6.07) is 0. The van der Waals surface area contributed by atoms with Gasteiger partial charge in [0.25, 0.3) is 0 Å². The van der Waals surface area contributed by atoms with E-state index in [1.807, 2.05) is 6.08 Å². The monoisotopic (exact) mass is 482 g/mol. The number of ether oxygens (including phenoxy) is 1. The lowest BCUT2D eigenvalue weighted by Crippen LogP contribution is -2.66. The van der Waals surface area contributed by atoms with Crippen LogP contribution in [0.25, 0.3) is 0 Å². The van der Waals surface area contributed by atoms with Gasteiger partial charge in [-0.25, -0.2) is 0 Å². The molecule has 0 spiro atoms. The van der Waals surface area contributed by atoms with E-state index in [1.165, 1.54) is 12.7 Å². The largest absolute Gasteiger partial charge is 0.469 e. The Kier molecular flexibility index (Phi) is 5.27. The molecule has 35 heavy (non-hydrogen) atoms. The molecule has 0 amide bonds. The van der Waals surface area contributed by atoms with Crippen molar-refractivity contribution < 1.29 is 19.1 Å². The summed E-state index contributed by atoms with van der Waals surface area (Å²) >= 11 is 0. The Morgan fingerprint density at radius 2 is 1.57 bits per heavy atom. The number of Topliss-reactive ketones (excluding diaryl/α,β-unsaturated/α-hetero) is 1. The molecule has 5 aliphatic rings. The Morgan fingerprint density at radius 3 is 2.23 bits per heavy atom. The third-order valence-corrected chi connectivity index (χ3v) is 12.7. The highest BCUT2D eigenvalue weighted by atomic mass is 16.5. The molecule has 0 aromatic carbocycles. The molecule has 0 bridgehead atoms. The van der Waals surface area contributed by atoms with Gasteiger partial charge in [0.2, 0.25) is 0 Å². The number of ketones is 2. The van der Waals surface area contributed by atoms with Crippen molar-refractivity contribution in [2.45, 2.75) is 106 Å². The highest BCUT2D eigenvalue weighted by Gasteiger charge is 2.71. The van der Waals surface area contributed by atoms with Crippen LogP contribution in [0.2, 0.25) is 0 Å². The van der Waals surface area contributed by atoms with Gasteiger partial charge in [0.1, 0.15) is 5.78 Å². The fraction of sp³-hybridized carbons (Fsp3) is 0.839. The van der Waals surface area contributed by atoms with E-state index < -0.39 is 5.41 Å². The van der Waals surface area contributed by atoms with Crippen LogP contribution in [0.15, 0.2) is 11.6 Å². The van der Waals surface area contributed by atoms with Gasteiger partial charge >= 0.3 is 5.97 Å². The minimum absolute atomic E-state index is 0.0640. The van der Waals surface area contributed by atoms with E-state index in [0.717, 1.165) is 51.4 Å². The first-order valence-electron chi connectivity index (χ1n) is 14.0. The third-order valence-electron chi connectivity index (χ3n) is 12.7. The van der Waals surface area contributed by atoms with Crippen molar-refractivity contribution in [1.82, 2.24) is 0 Å². The summed E-state index contributed by atoms with van der Waals surface area (Å²) in [6.45, 7) is 16.0. The molecule has 7 atom stereocenters. The van der Waals surface area contributed by atoms with Crippen LogP contribution in [-0.2, 0) is 19.1 Å². The quantitative estimate of drug-likeness (QED) is 0.390. The standard InChI is InChI=1S/C31H46O4/c1-26(2)13-15-31(25(34)35-8)16-14-29(6)19(20(31)18-26)17-21(32)24-28(5)11-10-23(33)27(3,4)22(28)9-12-30(24,29)7/h17,20,22,24H,9-16,18H2,1-8H3/t20-,22+,24-,28+,29-,30-,31+/m1/s1. The van der Waals surface area contributed by atoms with Crippen molar-refractivity contribution in [3.05, 3.63) is 11.6 Å². The molecule has 5 rings (SSSR count). The summed E-state index contributed by atoms with van der Waals surface area (Å²) in [5.74, 6) is 0.763. The van der Waals surface area contributed by atoms with Gasteiger partial charge in [-0.3, -0.25) is 14.4 Å². The molecule has 0 aromatic rings. The van der Waals surface area contributed by atoms with Crippen LogP contribution in [0.1, 0.15) is 106 Å². The van der Waals surface area contributed by atoms with Gasteiger partial charge in [0.05, 0.1) is 12.5 Å². The van der Waals surface area contributed by atoms with Crippen LogP contribution in [0.5, 0.6) is 0 Å². The van der Waals surface area contributed by atoms with Crippen molar-refractivity contribution in [3.8, 4) is 0 Å². The van der Waals surface area contributed by atoms with Crippen molar-refractivity contribution in [1.29, 1.82) is 0 Å². The van der Waals surface area contributed by atoms with E-state index in [-0.39, 0.29) is 56.6 Å². The van der Waals surface area contributed by atoms with Crippen LogP contribution < -0.4 is 0 Å². The maximum Gasteiger partial charge on any atom is 0.312 e. The molecule has 0 radical (unpaired) electrons. The average molecular weight is 483 g/mol. The number of methoxy groups -OCH3 is 1. The molecule has 4 saturated carbocycles. The average Bonchev–Trinajstić information content (AvgIpc) is 2.77. The van der Waals surface area contributed by atoms with Crippen molar-refractivity contribution in [3.63, 3.8) is 0 Å². The molecule has 194 valence electrons. The third kappa shape index (κ3) is 3.00. The highest BCUT2D eigenvalue weighted by molar-refractivity contribution is 5.96. The lowest BCUT2D eigenvalue weighted by Gasteiger charge is -2.69. The fourth-order valence-corrected chi connectivity index (χ4v) is 10.4. The molecule has 0 aromatic heterocycles. The van der Waals surface area contributed by atoms with Crippen molar-refractivity contribution in [2.24, 2.45) is 50.2 Å². The molecule has 0 unspecified atom stereocenters. The summed E-state index contributed by atoms with van der Waals surface area (Å²) in [5, 5.41) is 0. The molecule has 4 fully saturated rings. The number of carbonyl (C=O) groups excluding carboxylic acids is 3. The maximum atomic E-state index is 14.3. The molecular formula is C31H46O4. The lowest BCUT2D eigenvalue weighted by molar-refractivity contribution is -0.192. The van der Waals surface area contributed by atoms with Crippen LogP contribution >= 0.6 is 0 Å². The minimum Gasteiger partial charge on any atom is -0.469 e. The first-order valence-corrected chi connectivity index (χ1v) is 14.0. The number of fused-ring (bicyclic) bond motifs is 7. The number of hydrogen-bond donors (Lipinski definition) is 0. The molecule has 0 aliphatic heterocycles. The number of esters is 1. The molecular weight excluding hydrogens is 436 g/mol. The van der Waals surface area contributed by atoms with E-state index in [4.69, 9.17) is 4.74 Å². The lowest BCUT2D eigenvalue weighted by atomic mass is 9.33. The zero-order valence-corrected chi connectivity index (χ0v) is 23.3. The van der Waals surface area contributed by atoms with Crippen molar-refractivity contribution in [2.75, 3.05) is 7.11 Å². The van der Waals surface area contributed by atoms with Gasteiger partial charge in [0, 0.05) is 17.8 Å². The summed E-state index contributed by atoms with van der Waals surface area (Å²) < 4.78 is 5.43. The Balaban J connectivity index is 1.66. The summed E-state index contributed by atoms with van der Waals surface area (Å²) in [5.41, 5.74) is 0.0349. The molecule has 4 nitrogen and oxygen atoms in total. The molecule has 4 heteroatoms. The summed E-state index contributed by atoms with van der Waals surface area (Å²) in [6.07, 6.45) is 9.92. The van der Waals surface area contributed by atoms with Crippen LogP contribution in [0.4, 0.5) is 0 Å². The first kappa shape index (κ1) is 25.2. The molecule has 0 saturated heterocycles. The minimum atomic E-state index is -0.501. The van der Waals surface area contributed by atoms with E-state index in [0.29, 0.717) is 12.2 Å². The zero-order chi connectivity index (χ0) is 25.8. The summed E-state index contributed by atoms with van der Waals surface area (Å²) in [4.78, 5) is 40.5. The number of rotatable bonds is 1. The Morgan fingerprint density at radius 1 is 0.914 bits per heavy atom. The van der Waals surface area contributed by atoms with Crippen molar-refractivity contribution >= 4 is 17.5 Å². The zero-order valence-electron chi connectivity index (χ0n) is 23.3. The van der Waals surface area contributed by atoms with Gasteiger partial charge in [-0.1, -0.05) is 54.0 Å². The smallest absolute Gasteiger partial charge is 0.312 e. The topological polar surface area (TPSA) is 60.4 Å². The molecule has 0 heterocycles. The first-order chi connectivity index (χ1) is 16.1. The molecule has 5 aliphatic carbocycles. The Labute approximate surface area is 212 Å². The number of allylic oxidation sites excluding steroid dienone is 2. The second-order valence-electron chi connectivity index (χ2n) is 15.0. The highest BCUT2D eigenvalue weighted by Crippen LogP contribution is 2.75. The van der Waals surface area contributed by atoms with Crippen LogP contribution in [-0.4, -0.2) is 24.6 Å². The van der Waals surface area contributed by atoms with E-state index in [2.05, 4.69) is 48.5 Å². The normalized spacial score (nSPS) is 48.0. The Bertz CT molecular complexity index is 1020. The second-order valence-corrected chi connectivity index (χ2v) is 15.0. The summed E-state index contributed by atoms with van der Waals surface area (Å²) in [7, 11) is 1.52. The van der Waals surface area contributed by atoms with Gasteiger partial charge in [0.15, 0.2) is 5.78 Å². The van der Waals surface area contributed by atoms with Crippen LogP contribution in [0, 0.1) is 50.2 Å². The van der Waals surface area contributed by atoms with E-state index in [9.17, 15) is 14.4 Å². The Hall–Kier alpha value is -1.45. The van der Waals surface area contributed by atoms with Gasteiger partial charge in [-0.15, -0.1) is 0 Å². The van der Waals surface area contributed by atoms with Gasteiger partial charge < -0.3 is 4.74 Å². The SMILES string of the molecule is COC(=O)[C@]12CCC(C)(C)C[C@@H]1C1=CC(=O)[C@@H]3[C@@]4(C)CCC(=O)C(C)(C)[C@@H]4CC[C@@]3(C)[C@]1(C)CC2.